The van der Waals surface area contributed by atoms with E-state index in [0.29, 0.717) is 0 Å². The summed E-state index contributed by atoms with van der Waals surface area (Å²) in [6.07, 6.45) is -4.43. The molecular weight excluding hydrogens is 163 g/mol. The SMILES string of the molecule is O=CN1N=NCC1C(F)(F)F. The first-order valence-corrected chi connectivity index (χ1v) is 2.73. The highest BCUT2D eigenvalue weighted by atomic mass is 19.4. The van der Waals surface area contributed by atoms with Crippen molar-refractivity contribution in [1.29, 1.82) is 0 Å². The van der Waals surface area contributed by atoms with Crippen molar-refractivity contribution in [2.24, 2.45) is 10.3 Å². The van der Waals surface area contributed by atoms with Crippen LogP contribution in [0.5, 0.6) is 0 Å². The van der Waals surface area contributed by atoms with Crippen molar-refractivity contribution in [3.05, 3.63) is 0 Å². The van der Waals surface area contributed by atoms with E-state index in [0.717, 1.165) is 0 Å². The van der Waals surface area contributed by atoms with E-state index in [4.69, 9.17) is 0 Å². The van der Waals surface area contributed by atoms with Crippen LogP contribution in [-0.4, -0.2) is 30.2 Å². The zero-order chi connectivity index (χ0) is 8.48. The van der Waals surface area contributed by atoms with Crippen molar-refractivity contribution in [3.8, 4) is 0 Å². The van der Waals surface area contributed by atoms with E-state index in [9.17, 15) is 18.0 Å². The molecule has 0 saturated heterocycles. The molecule has 0 aromatic rings. The maximum atomic E-state index is 11.9. The summed E-state index contributed by atoms with van der Waals surface area (Å²) in [4.78, 5) is 9.94. The fourth-order valence-corrected chi connectivity index (χ4v) is 0.681. The molecule has 1 rings (SSSR count). The van der Waals surface area contributed by atoms with Gasteiger partial charge in [-0.15, -0.1) is 0 Å². The lowest BCUT2D eigenvalue weighted by molar-refractivity contribution is -0.177. The third kappa shape index (κ3) is 1.47. The molecule has 0 N–H and O–H groups in total. The zero-order valence-electron chi connectivity index (χ0n) is 5.25. The van der Waals surface area contributed by atoms with E-state index in [2.05, 4.69) is 10.3 Å². The molecule has 1 atom stereocenters. The molecule has 1 heterocycles. The predicted molar refractivity (Wildman–Crippen MR) is 27.5 cm³/mol. The summed E-state index contributed by atoms with van der Waals surface area (Å²) in [6, 6.07) is -1.88. The van der Waals surface area contributed by atoms with E-state index >= 15 is 0 Å². The van der Waals surface area contributed by atoms with E-state index in [1.54, 1.807) is 0 Å². The molecule has 0 radical (unpaired) electrons. The molecule has 1 aliphatic rings. The minimum Gasteiger partial charge on any atom is -0.277 e. The van der Waals surface area contributed by atoms with Crippen molar-refractivity contribution in [1.82, 2.24) is 5.01 Å². The normalized spacial score (nSPS) is 24.3. The molecule has 0 bridgehead atoms. The molecule has 0 fully saturated rings. The summed E-state index contributed by atoms with van der Waals surface area (Å²) in [5, 5.41) is 6.32. The van der Waals surface area contributed by atoms with Gasteiger partial charge >= 0.3 is 6.18 Å². The third-order valence-electron chi connectivity index (χ3n) is 1.23. The molecule has 0 spiro atoms. The fourth-order valence-electron chi connectivity index (χ4n) is 0.681. The van der Waals surface area contributed by atoms with Crippen LogP contribution < -0.4 is 0 Å². The first-order chi connectivity index (χ1) is 5.05. The third-order valence-corrected chi connectivity index (χ3v) is 1.23. The van der Waals surface area contributed by atoms with Gasteiger partial charge < -0.3 is 0 Å². The van der Waals surface area contributed by atoms with Crippen molar-refractivity contribution in [2.45, 2.75) is 12.2 Å². The van der Waals surface area contributed by atoms with Gasteiger partial charge in [-0.05, 0) is 0 Å². The lowest BCUT2D eigenvalue weighted by Crippen LogP contribution is -2.41. The molecule has 1 aliphatic heterocycles. The minimum absolute atomic E-state index is 0.00859. The second-order valence-electron chi connectivity index (χ2n) is 1.96. The van der Waals surface area contributed by atoms with Crippen LogP contribution in [0.4, 0.5) is 13.2 Å². The van der Waals surface area contributed by atoms with Crippen molar-refractivity contribution in [2.75, 3.05) is 6.54 Å². The number of amides is 1. The van der Waals surface area contributed by atoms with Crippen LogP contribution in [0.3, 0.4) is 0 Å². The molecule has 1 unspecified atom stereocenters. The van der Waals surface area contributed by atoms with E-state index in [1.165, 1.54) is 0 Å². The number of nitrogens with zero attached hydrogens (tertiary/aromatic N) is 3. The monoisotopic (exact) mass is 167 g/mol. The quantitative estimate of drug-likeness (QED) is 0.531. The molecule has 62 valence electrons. The number of hydrogen-bond donors (Lipinski definition) is 0. The van der Waals surface area contributed by atoms with Gasteiger partial charge in [0.2, 0.25) is 6.41 Å². The van der Waals surface area contributed by atoms with Crippen LogP contribution >= 0.6 is 0 Å². The molecule has 0 aromatic heterocycles. The van der Waals surface area contributed by atoms with Gasteiger partial charge in [0.1, 0.15) is 0 Å². The maximum absolute atomic E-state index is 11.9. The predicted octanol–water partition coefficient (Wildman–Crippen LogP) is 0.756. The maximum Gasteiger partial charge on any atom is 0.412 e. The Morgan fingerprint density at radius 2 is 2.18 bits per heavy atom. The summed E-state index contributed by atoms with van der Waals surface area (Å²) in [7, 11) is 0. The van der Waals surface area contributed by atoms with Crippen molar-refractivity contribution < 1.29 is 18.0 Å². The molecule has 0 aromatic carbocycles. The average molecular weight is 167 g/mol. The highest BCUT2D eigenvalue weighted by Gasteiger charge is 2.46. The van der Waals surface area contributed by atoms with Gasteiger partial charge in [-0.1, -0.05) is 5.22 Å². The summed E-state index contributed by atoms with van der Waals surface area (Å²) >= 11 is 0. The smallest absolute Gasteiger partial charge is 0.277 e. The van der Waals surface area contributed by atoms with Crippen molar-refractivity contribution >= 4 is 6.41 Å². The van der Waals surface area contributed by atoms with Gasteiger partial charge in [-0.25, -0.2) is 5.01 Å². The molecule has 11 heavy (non-hydrogen) atoms. The summed E-state index contributed by atoms with van der Waals surface area (Å²) in [6.45, 7) is -0.498. The van der Waals surface area contributed by atoms with Crippen LogP contribution in [0, 0.1) is 0 Å². The van der Waals surface area contributed by atoms with Gasteiger partial charge in [0.15, 0.2) is 6.04 Å². The van der Waals surface area contributed by atoms with Gasteiger partial charge in [0.25, 0.3) is 0 Å². The van der Waals surface area contributed by atoms with Crippen LogP contribution in [-0.2, 0) is 4.79 Å². The molecule has 0 saturated carbocycles. The lowest BCUT2D eigenvalue weighted by atomic mass is 10.3. The molecular formula is C4H4F3N3O. The summed E-state index contributed by atoms with van der Waals surface area (Å²) in [5.41, 5.74) is 0. The second kappa shape index (κ2) is 2.48. The minimum atomic E-state index is -4.44. The molecule has 1 amide bonds. The Bertz CT molecular complexity index is 190. The molecule has 7 heteroatoms. The first-order valence-electron chi connectivity index (χ1n) is 2.73. The standard InChI is InChI=1S/C4H4F3N3O/c5-4(6,7)3-1-8-9-10(3)2-11/h2-3H,1H2. The lowest BCUT2D eigenvalue weighted by Gasteiger charge is -2.17. The van der Waals surface area contributed by atoms with E-state index in [1.807, 2.05) is 0 Å². The molecule has 4 nitrogen and oxygen atoms in total. The van der Waals surface area contributed by atoms with Gasteiger partial charge in [-0.3, -0.25) is 4.79 Å². The number of carbonyl (C=O) groups is 1. The number of carbonyl (C=O) groups excluding carboxylic acids is 1. The van der Waals surface area contributed by atoms with Gasteiger partial charge in [0.05, 0.1) is 6.54 Å². The highest BCUT2D eigenvalue weighted by Crippen LogP contribution is 2.27. The second-order valence-corrected chi connectivity index (χ2v) is 1.96. The summed E-state index contributed by atoms with van der Waals surface area (Å²) in [5.74, 6) is 0. The fraction of sp³-hybridized carbons (Fsp3) is 0.750. The Labute approximate surface area is 59.7 Å². The number of rotatable bonds is 1. The highest BCUT2D eigenvalue weighted by molar-refractivity contribution is 5.47. The van der Waals surface area contributed by atoms with Crippen LogP contribution in [0.1, 0.15) is 0 Å². The average Bonchev–Trinajstić information content (AvgIpc) is 2.31. The number of alkyl halides is 3. The Balaban J connectivity index is 2.68. The van der Waals surface area contributed by atoms with Gasteiger partial charge in [0, 0.05) is 0 Å². The zero-order valence-corrected chi connectivity index (χ0v) is 5.25. The number of hydrogen-bond acceptors (Lipinski definition) is 3. The molecule has 0 aliphatic carbocycles. The Kier molecular flexibility index (Phi) is 1.79. The van der Waals surface area contributed by atoms with Crippen LogP contribution in [0.15, 0.2) is 10.3 Å². The largest absolute Gasteiger partial charge is 0.412 e. The Hall–Kier alpha value is -1.14. The van der Waals surface area contributed by atoms with E-state index < -0.39 is 18.8 Å². The van der Waals surface area contributed by atoms with Crippen molar-refractivity contribution in [3.63, 3.8) is 0 Å². The Morgan fingerprint density at radius 1 is 1.55 bits per heavy atom. The van der Waals surface area contributed by atoms with Gasteiger partial charge in [-0.2, -0.15) is 18.3 Å². The number of halogens is 3. The van der Waals surface area contributed by atoms with Crippen LogP contribution in [0.2, 0.25) is 0 Å². The van der Waals surface area contributed by atoms with E-state index in [-0.39, 0.29) is 11.4 Å². The first kappa shape index (κ1) is 7.96. The Morgan fingerprint density at radius 3 is 2.55 bits per heavy atom. The van der Waals surface area contributed by atoms with Crippen LogP contribution in [0.25, 0.3) is 0 Å². The topological polar surface area (TPSA) is 45.0 Å². The summed E-state index contributed by atoms with van der Waals surface area (Å²) < 4.78 is 35.6.